The Hall–Kier alpha value is -2.04. The molecule has 14 heavy (non-hydrogen) atoms. The quantitative estimate of drug-likeness (QED) is 0.300. The second kappa shape index (κ2) is 7.60. The monoisotopic (exact) mass is 194 g/mol. The van der Waals surface area contributed by atoms with E-state index in [4.69, 9.17) is 0 Å². The highest BCUT2D eigenvalue weighted by molar-refractivity contribution is 5.90. The van der Waals surface area contributed by atoms with Gasteiger partial charge in [0.2, 0.25) is 0 Å². The van der Waals surface area contributed by atoms with Crippen LogP contribution in [-0.2, 0) is 14.3 Å². The Morgan fingerprint density at radius 2 is 2.00 bits per heavy atom. The van der Waals surface area contributed by atoms with Gasteiger partial charge in [0.1, 0.15) is 6.33 Å². The SMILES string of the molecule is C=C(C)C(=O)OC=O.c1cncnc1. The first-order valence-corrected chi connectivity index (χ1v) is 3.68. The minimum absolute atomic E-state index is 0.0804. The average Bonchev–Trinajstić information content (AvgIpc) is 2.21. The van der Waals surface area contributed by atoms with E-state index in [2.05, 4.69) is 21.3 Å². The van der Waals surface area contributed by atoms with Crippen molar-refractivity contribution in [1.29, 1.82) is 0 Å². The van der Waals surface area contributed by atoms with Gasteiger partial charge in [-0.2, -0.15) is 0 Å². The molecule has 0 aliphatic heterocycles. The molecule has 74 valence electrons. The Bertz CT molecular complexity index is 271. The van der Waals surface area contributed by atoms with Crippen molar-refractivity contribution in [1.82, 2.24) is 9.97 Å². The lowest BCUT2D eigenvalue weighted by molar-refractivity contribution is -0.148. The van der Waals surface area contributed by atoms with Gasteiger partial charge in [-0.25, -0.2) is 14.8 Å². The second-order valence-electron chi connectivity index (χ2n) is 2.19. The van der Waals surface area contributed by atoms with Gasteiger partial charge in [-0.15, -0.1) is 0 Å². The van der Waals surface area contributed by atoms with E-state index in [1.807, 2.05) is 0 Å². The van der Waals surface area contributed by atoms with Crippen molar-refractivity contribution < 1.29 is 14.3 Å². The predicted molar refractivity (Wildman–Crippen MR) is 49.0 cm³/mol. The van der Waals surface area contributed by atoms with Gasteiger partial charge in [-0.05, 0) is 13.0 Å². The predicted octanol–water partition coefficient (Wildman–Crippen LogP) is 0.739. The van der Waals surface area contributed by atoms with E-state index in [-0.39, 0.29) is 12.0 Å². The summed E-state index contributed by atoms with van der Waals surface area (Å²) < 4.78 is 3.88. The van der Waals surface area contributed by atoms with Crippen molar-refractivity contribution in [2.24, 2.45) is 0 Å². The molecule has 1 aromatic rings. The van der Waals surface area contributed by atoms with Crippen LogP contribution < -0.4 is 0 Å². The third kappa shape index (κ3) is 6.66. The standard InChI is InChI=1S/C5H6O3.C4H4N2/c1-4(2)5(7)8-3-6;1-2-5-4-6-3-1/h3H,1H2,2H3;1-4H. The molecular weight excluding hydrogens is 184 g/mol. The molecule has 0 atom stereocenters. The molecule has 0 unspecified atom stereocenters. The fourth-order valence-corrected chi connectivity index (χ4v) is 0.398. The van der Waals surface area contributed by atoms with Crippen LogP contribution in [0.1, 0.15) is 6.92 Å². The van der Waals surface area contributed by atoms with Crippen LogP contribution in [0.4, 0.5) is 0 Å². The zero-order chi connectivity index (χ0) is 10.8. The van der Waals surface area contributed by atoms with E-state index in [1.165, 1.54) is 13.3 Å². The van der Waals surface area contributed by atoms with Gasteiger partial charge in [-0.3, -0.25) is 4.79 Å². The number of hydrogen-bond donors (Lipinski definition) is 0. The Morgan fingerprint density at radius 1 is 1.43 bits per heavy atom. The minimum Gasteiger partial charge on any atom is -0.392 e. The number of carbonyl (C=O) groups excluding carboxylic acids is 2. The van der Waals surface area contributed by atoms with E-state index in [0.29, 0.717) is 0 Å². The lowest BCUT2D eigenvalue weighted by atomic mass is 10.4. The number of ether oxygens (including phenoxy) is 1. The highest BCUT2D eigenvalue weighted by Gasteiger charge is 1.98. The Morgan fingerprint density at radius 3 is 2.14 bits per heavy atom. The summed E-state index contributed by atoms with van der Waals surface area (Å²) in [6.07, 6.45) is 4.88. The van der Waals surface area contributed by atoms with Crippen LogP contribution in [0, 0.1) is 0 Å². The normalized spacial score (nSPS) is 7.79. The van der Waals surface area contributed by atoms with Crippen LogP contribution in [0.15, 0.2) is 36.9 Å². The lowest BCUT2D eigenvalue weighted by Crippen LogP contribution is -2.01. The van der Waals surface area contributed by atoms with Crippen LogP contribution in [0.5, 0.6) is 0 Å². The summed E-state index contributed by atoms with van der Waals surface area (Å²) in [7, 11) is 0. The molecule has 0 saturated heterocycles. The maximum absolute atomic E-state index is 10.2. The van der Waals surface area contributed by atoms with Crippen LogP contribution in [-0.4, -0.2) is 22.4 Å². The molecule has 0 fully saturated rings. The molecular formula is C9H10N2O3. The van der Waals surface area contributed by atoms with Gasteiger partial charge in [0.25, 0.3) is 0 Å². The molecule has 0 bridgehead atoms. The Labute approximate surface area is 81.4 Å². The molecule has 0 aliphatic rings. The van der Waals surface area contributed by atoms with Gasteiger partial charge in [0, 0.05) is 18.0 Å². The second-order valence-corrected chi connectivity index (χ2v) is 2.19. The van der Waals surface area contributed by atoms with E-state index in [0.717, 1.165) is 0 Å². The molecule has 1 rings (SSSR count). The lowest BCUT2D eigenvalue weighted by Gasteiger charge is -1.89. The first-order chi connectivity index (χ1) is 6.68. The average molecular weight is 194 g/mol. The number of carbonyl (C=O) groups is 2. The smallest absolute Gasteiger partial charge is 0.340 e. The third-order valence-corrected chi connectivity index (χ3v) is 0.981. The van der Waals surface area contributed by atoms with Gasteiger partial charge in [0.15, 0.2) is 0 Å². The van der Waals surface area contributed by atoms with Crippen molar-refractivity contribution in [3.8, 4) is 0 Å². The summed E-state index contributed by atoms with van der Waals surface area (Å²) in [4.78, 5) is 27.0. The molecule has 0 amide bonds. The van der Waals surface area contributed by atoms with Crippen LogP contribution >= 0.6 is 0 Å². The first-order valence-electron chi connectivity index (χ1n) is 3.68. The maximum atomic E-state index is 10.2. The van der Waals surface area contributed by atoms with Crippen molar-refractivity contribution in [2.45, 2.75) is 6.92 Å². The summed E-state index contributed by atoms with van der Waals surface area (Å²) in [6.45, 7) is 4.78. The Kier molecular flexibility index (Phi) is 6.49. The topological polar surface area (TPSA) is 69.2 Å². The molecule has 5 heteroatoms. The number of rotatable bonds is 2. The van der Waals surface area contributed by atoms with Crippen LogP contribution in [0.25, 0.3) is 0 Å². The fraction of sp³-hybridized carbons (Fsp3) is 0.111. The fourth-order valence-electron chi connectivity index (χ4n) is 0.398. The van der Waals surface area contributed by atoms with Crippen LogP contribution in [0.2, 0.25) is 0 Å². The molecule has 5 nitrogen and oxygen atoms in total. The minimum atomic E-state index is -0.681. The van der Waals surface area contributed by atoms with E-state index in [1.54, 1.807) is 18.5 Å². The summed E-state index contributed by atoms with van der Waals surface area (Å²) in [5.41, 5.74) is 0.220. The van der Waals surface area contributed by atoms with Gasteiger partial charge < -0.3 is 4.74 Å². The highest BCUT2D eigenvalue weighted by Crippen LogP contribution is 1.87. The molecule has 0 aromatic carbocycles. The first kappa shape index (κ1) is 12.0. The summed E-state index contributed by atoms with van der Waals surface area (Å²) in [6, 6.07) is 1.78. The number of hydrogen-bond acceptors (Lipinski definition) is 5. The summed E-state index contributed by atoms with van der Waals surface area (Å²) in [5, 5.41) is 0. The number of nitrogens with zero attached hydrogens (tertiary/aromatic N) is 2. The van der Waals surface area contributed by atoms with E-state index >= 15 is 0 Å². The molecule has 0 saturated carbocycles. The van der Waals surface area contributed by atoms with Crippen LogP contribution in [0.3, 0.4) is 0 Å². The Balaban J connectivity index is 0.000000249. The molecule has 0 N–H and O–H groups in total. The summed E-state index contributed by atoms with van der Waals surface area (Å²) in [5.74, 6) is -0.681. The third-order valence-electron chi connectivity index (χ3n) is 0.981. The molecule has 0 aliphatic carbocycles. The number of esters is 1. The zero-order valence-electron chi connectivity index (χ0n) is 7.71. The maximum Gasteiger partial charge on any atom is 0.340 e. The van der Waals surface area contributed by atoms with Gasteiger partial charge >= 0.3 is 12.4 Å². The molecule has 1 heterocycles. The zero-order valence-corrected chi connectivity index (χ0v) is 7.71. The van der Waals surface area contributed by atoms with Crippen molar-refractivity contribution in [3.05, 3.63) is 36.9 Å². The van der Waals surface area contributed by atoms with E-state index < -0.39 is 5.97 Å². The number of aromatic nitrogens is 2. The summed E-state index contributed by atoms with van der Waals surface area (Å²) >= 11 is 0. The van der Waals surface area contributed by atoms with Gasteiger partial charge in [0.05, 0.1) is 0 Å². The molecule has 1 aromatic heterocycles. The van der Waals surface area contributed by atoms with Gasteiger partial charge in [-0.1, -0.05) is 6.58 Å². The highest BCUT2D eigenvalue weighted by atomic mass is 16.6. The molecule has 0 spiro atoms. The van der Waals surface area contributed by atoms with Crippen molar-refractivity contribution >= 4 is 12.4 Å². The van der Waals surface area contributed by atoms with Crippen molar-refractivity contribution in [2.75, 3.05) is 0 Å². The molecule has 0 radical (unpaired) electrons. The largest absolute Gasteiger partial charge is 0.392 e. The van der Waals surface area contributed by atoms with Crippen molar-refractivity contribution in [3.63, 3.8) is 0 Å². The van der Waals surface area contributed by atoms with E-state index in [9.17, 15) is 9.59 Å².